The Bertz CT molecular complexity index is 553. The van der Waals surface area contributed by atoms with Crippen molar-refractivity contribution in [3.63, 3.8) is 0 Å². The highest BCUT2D eigenvalue weighted by Crippen LogP contribution is 2.23. The fourth-order valence-corrected chi connectivity index (χ4v) is 1.98. The zero-order valence-corrected chi connectivity index (χ0v) is 12.1. The first-order chi connectivity index (χ1) is 9.06. The van der Waals surface area contributed by atoms with E-state index < -0.39 is 0 Å². The lowest BCUT2D eigenvalue weighted by Gasteiger charge is -2.09. The number of nitrogens with two attached hydrogens (primary N) is 1. The molecule has 2 rings (SSSR count). The van der Waals surface area contributed by atoms with Crippen LogP contribution in [0, 0.1) is 0 Å². The van der Waals surface area contributed by atoms with Gasteiger partial charge in [0, 0.05) is 6.04 Å². The number of benzene rings is 2. The first-order valence-corrected chi connectivity index (χ1v) is 6.74. The highest BCUT2D eigenvalue weighted by Gasteiger charge is 2.02. The van der Waals surface area contributed by atoms with Crippen LogP contribution in [0.15, 0.2) is 42.5 Å². The summed E-state index contributed by atoms with van der Waals surface area (Å²) in [5, 5.41) is 1.08. The third kappa shape index (κ3) is 3.87. The molecule has 0 spiro atoms. The van der Waals surface area contributed by atoms with E-state index in [9.17, 15) is 0 Å². The van der Waals surface area contributed by atoms with E-state index in [-0.39, 0.29) is 6.04 Å². The zero-order chi connectivity index (χ0) is 13.8. The number of rotatable bonds is 4. The summed E-state index contributed by atoms with van der Waals surface area (Å²) in [6.07, 6.45) is 0. The first-order valence-electron chi connectivity index (χ1n) is 5.98. The van der Waals surface area contributed by atoms with Crippen LogP contribution in [0.3, 0.4) is 0 Å². The fraction of sp³-hybridized carbons (Fsp3) is 0.200. The average molecular weight is 296 g/mol. The highest BCUT2D eigenvalue weighted by molar-refractivity contribution is 6.42. The molecule has 0 saturated carbocycles. The van der Waals surface area contributed by atoms with E-state index in [2.05, 4.69) is 0 Å². The van der Waals surface area contributed by atoms with Crippen LogP contribution in [0.1, 0.15) is 24.1 Å². The van der Waals surface area contributed by atoms with Crippen LogP contribution in [0.25, 0.3) is 0 Å². The van der Waals surface area contributed by atoms with E-state index in [1.165, 1.54) is 0 Å². The number of ether oxygens (including phenoxy) is 1. The van der Waals surface area contributed by atoms with Crippen LogP contribution < -0.4 is 10.5 Å². The minimum atomic E-state index is 0.0316. The minimum Gasteiger partial charge on any atom is -0.489 e. The predicted octanol–water partition coefficient (Wildman–Crippen LogP) is 4.59. The average Bonchev–Trinajstić information content (AvgIpc) is 2.40. The van der Waals surface area contributed by atoms with Gasteiger partial charge in [0.25, 0.3) is 0 Å². The fourth-order valence-electron chi connectivity index (χ4n) is 1.66. The van der Waals surface area contributed by atoms with Gasteiger partial charge >= 0.3 is 0 Å². The Balaban J connectivity index is 2.00. The molecule has 0 heterocycles. The lowest BCUT2D eigenvalue weighted by atomic mass is 10.1. The van der Waals surface area contributed by atoms with Gasteiger partial charge in [-0.1, -0.05) is 41.4 Å². The van der Waals surface area contributed by atoms with Crippen LogP contribution >= 0.6 is 23.2 Å². The maximum atomic E-state index is 5.95. The molecule has 0 fully saturated rings. The van der Waals surface area contributed by atoms with Gasteiger partial charge in [-0.3, -0.25) is 0 Å². The lowest BCUT2D eigenvalue weighted by Crippen LogP contribution is -2.04. The van der Waals surface area contributed by atoms with Crippen molar-refractivity contribution in [2.45, 2.75) is 19.6 Å². The number of hydrogen-bond acceptors (Lipinski definition) is 2. The van der Waals surface area contributed by atoms with Crippen molar-refractivity contribution < 1.29 is 4.74 Å². The smallest absolute Gasteiger partial charge is 0.119 e. The van der Waals surface area contributed by atoms with Crippen molar-refractivity contribution in [1.29, 1.82) is 0 Å². The van der Waals surface area contributed by atoms with Gasteiger partial charge in [-0.25, -0.2) is 0 Å². The van der Waals surface area contributed by atoms with E-state index in [4.69, 9.17) is 33.7 Å². The van der Waals surface area contributed by atoms with Gasteiger partial charge < -0.3 is 10.5 Å². The topological polar surface area (TPSA) is 35.2 Å². The quantitative estimate of drug-likeness (QED) is 0.895. The molecule has 2 N–H and O–H groups in total. The van der Waals surface area contributed by atoms with Crippen LogP contribution in [-0.4, -0.2) is 0 Å². The minimum absolute atomic E-state index is 0.0316. The molecule has 0 bridgehead atoms. The van der Waals surface area contributed by atoms with Gasteiger partial charge in [0.05, 0.1) is 10.0 Å². The molecule has 2 aromatic rings. The molecule has 19 heavy (non-hydrogen) atoms. The van der Waals surface area contributed by atoms with Crippen molar-refractivity contribution in [2.75, 3.05) is 0 Å². The van der Waals surface area contributed by atoms with Crippen LogP contribution in [-0.2, 0) is 6.61 Å². The maximum Gasteiger partial charge on any atom is 0.119 e. The molecule has 1 unspecified atom stereocenters. The van der Waals surface area contributed by atoms with Crippen molar-refractivity contribution in [3.05, 3.63) is 63.6 Å². The van der Waals surface area contributed by atoms with Gasteiger partial charge in [-0.05, 0) is 42.3 Å². The second-order valence-electron chi connectivity index (χ2n) is 4.39. The molecule has 0 aromatic heterocycles. The van der Waals surface area contributed by atoms with E-state index in [1.807, 2.05) is 37.3 Å². The Morgan fingerprint density at radius 3 is 2.32 bits per heavy atom. The lowest BCUT2D eigenvalue weighted by molar-refractivity contribution is 0.306. The Labute approximate surface area is 123 Å². The van der Waals surface area contributed by atoms with Gasteiger partial charge in [0.1, 0.15) is 12.4 Å². The summed E-state index contributed by atoms with van der Waals surface area (Å²) < 4.78 is 5.68. The van der Waals surface area contributed by atoms with Gasteiger partial charge in [0.2, 0.25) is 0 Å². The monoisotopic (exact) mass is 295 g/mol. The number of hydrogen-bond donors (Lipinski definition) is 1. The molecule has 4 heteroatoms. The number of halogens is 2. The maximum absolute atomic E-state index is 5.95. The Hall–Kier alpha value is -1.22. The molecule has 0 aliphatic carbocycles. The van der Waals surface area contributed by atoms with Crippen molar-refractivity contribution in [3.8, 4) is 5.75 Å². The second kappa shape index (κ2) is 6.29. The molecule has 1 atom stereocenters. The molecule has 2 aromatic carbocycles. The zero-order valence-electron chi connectivity index (χ0n) is 10.6. The molecular weight excluding hydrogens is 281 g/mol. The summed E-state index contributed by atoms with van der Waals surface area (Å²) >= 11 is 11.8. The Morgan fingerprint density at radius 1 is 1.05 bits per heavy atom. The van der Waals surface area contributed by atoms with Crippen molar-refractivity contribution in [1.82, 2.24) is 0 Å². The summed E-state index contributed by atoms with van der Waals surface area (Å²) in [7, 11) is 0. The molecular formula is C15H15Cl2NO. The molecule has 0 radical (unpaired) electrons. The third-order valence-corrected chi connectivity index (χ3v) is 3.53. The summed E-state index contributed by atoms with van der Waals surface area (Å²) in [6, 6.07) is 13.3. The van der Waals surface area contributed by atoms with Crippen LogP contribution in [0.5, 0.6) is 5.75 Å². The second-order valence-corrected chi connectivity index (χ2v) is 5.21. The Kier molecular flexibility index (Phi) is 4.70. The normalized spacial score (nSPS) is 12.2. The van der Waals surface area contributed by atoms with Crippen molar-refractivity contribution >= 4 is 23.2 Å². The van der Waals surface area contributed by atoms with Gasteiger partial charge in [-0.2, -0.15) is 0 Å². The van der Waals surface area contributed by atoms with E-state index >= 15 is 0 Å². The molecule has 0 saturated heterocycles. The van der Waals surface area contributed by atoms with Crippen molar-refractivity contribution in [2.24, 2.45) is 5.73 Å². The van der Waals surface area contributed by atoms with Gasteiger partial charge in [0.15, 0.2) is 0 Å². The molecule has 2 nitrogen and oxygen atoms in total. The third-order valence-electron chi connectivity index (χ3n) is 2.80. The molecule has 0 amide bonds. The SMILES string of the molecule is CC(N)c1ccc(OCc2ccc(Cl)c(Cl)c2)cc1. The van der Waals surface area contributed by atoms with E-state index in [1.54, 1.807) is 12.1 Å². The highest BCUT2D eigenvalue weighted by atomic mass is 35.5. The Morgan fingerprint density at radius 2 is 1.74 bits per heavy atom. The summed E-state index contributed by atoms with van der Waals surface area (Å²) in [5.41, 5.74) is 7.85. The largest absolute Gasteiger partial charge is 0.489 e. The predicted molar refractivity (Wildman–Crippen MR) is 79.8 cm³/mol. The van der Waals surface area contributed by atoms with E-state index in [0.29, 0.717) is 16.7 Å². The summed E-state index contributed by atoms with van der Waals surface area (Å²) in [5.74, 6) is 0.801. The molecule has 100 valence electrons. The molecule has 0 aliphatic rings. The van der Waals surface area contributed by atoms with E-state index in [0.717, 1.165) is 16.9 Å². The van der Waals surface area contributed by atoms with Gasteiger partial charge in [-0.15, -0.1) is 0 Å². The molecule has 0 aliphatic heterocycles. The first kappa shape index (κ1) is 14.2. The van der Waals surface area contributed by atoms with Crippen LogP contribution in [0.4, 0.5) is 0 Å². The standard InChI is InChI=1S/C15H15Cl2NO/c1-10(18)12-3-5-13(6-4-12)19-9-11-2-7-14(16)15(17)8-11/h2-8,10H,9,18H2,1H3. The van der Waals surface area contributed by atoms with Crippen LogP contribution in [0.2, 0.25) is 10.0 Å². The summed E-state index contributed by atoms with van der Waals surface area (Å²) in [6.45, 7) is 2.40. The summed E-state index contributed by atoms with van der Waals surface area (Å²) in [4.78, 5) is 0.